The lowest BCUT2D eigenvalue weighted by atomic mass is 9.98. The first-order valence-corrected chi connectivity index (χ1v) is 9.38. The summed E-state index contributed by atoms with van der Waals surface area (Å²) in [7, 11) is -2.48. The summed E-state index contributed by atoms with van der Waals surface area (Å²) >= 11 is 0. The monoisotopic (exact) mass is 358 g/mol. The predicted octanol–water partition coefficient (Wildman–Crippen LogP) is 1.38. The lowest BCUT2D eigenvalue weighted by Gasteiger charge is -2.34. The zero-order valence-electron chi connectivity index (χ0n) is 13.9. The predicted molar refractivity (Wildman–Crippen MR) is 87.4 cm³/mol. The molecular weight excluding hydrogens is 335 g/mol. The van der Waals surface area contributed by atoms with E-state index in [0.717, 1.165) is 18.9 Å². The third-order valence-electron chi connectivity index (χ3n) is 4.06. The van der Waals surface area contributed by atoms with E-state index in [-0.39, 0.29) is 11.8 Å². The van der Waals surface area contributed by atoms with Crippen LogP contribution < -0.4 is 4.72 Å². The van der Waals surface area contributed by atoms with Crippen LogP contribution in [-0.2, 0) is 19.6 Å². The number of hydrogen-bond acceptors (Lipinski definition) is 4. The van der Waals surface area contributed by atoms with Crippen molar-refractivity contribution in [3.63, 3.8) is 0 Å². The second kappa shape index (κ2) is 8.04. The smallest absolute Gasteiger partial charge is 0.244 e. The molecule has 0 aliphatic carbocycles. The molecule has 1 amide bonds. The number of likely N-dealkylation sites (tertiary alicyclic amines) is 1. The Kier molecular flexibility index (Phi) is 6.31. The number of ether oxygens (including phenoxy) is 1. The molecule has 1 fully saturated rings. The highest BCUT2D eigenvalue weighted by Crippen LogP contribution is 2.18. The largest absolute Gasteiger partial charge is 0.384 e. The van der Waals surface area contributed by atoms with E-state index < -0.39 is 26.8 Å². The van der Waals surface area contributed by atoms with Gasteiger partial charge in [-0.1, -0.05) is 12.1 Å². The summed E-state index contributed by atoms with van der Waals surface area (Å²) in [4.78, 5) is 13.7. The Balaban J connectivity index is 2.04. The Labute approximate surface area is 142 Å². The molecule has 0 saturated carbocycles. The molecule has 0 aromatic heterocycles. The second-order valence-electron chi connectivity index (χ2n) is 6.02. The summed E-state index contributed by atoms with van der Waals surface area (Å²) in [6, 6.07) is 4.12. The van der Waals surface area contributed by atoms with Gasteiger partial charge in [0.2, 0.25) is 15.9 Å². The minimum Gasteiger partial charge on any atom is -0.384 e. The van der Waals surface area contributed by atoms with Crippen LogP contribution in [0.25, 0.3) is 0 Å². The van der Waals surface area contributed by atoms with E-state index in [9.17, 15) is 17.6 Å². The normalized spacial score (nSPS) is 20.0. The number of halogens is 1. The van der Waals surface area contributed by atoms with Gasteiger partial charge in [0, 0.05) is 20.2 Å². The number of sulfonamides is 1. The lowest BCUT2D eigenvalue weighted by Crippen LogP contribution is -2.50. The number of rotatable bonds is 6. The minimum atomic E-state index is -4.09. The fourth-order valence-corrected chi connectivity index (χ4v) is 4.20. The van der Waals surface area contributed by atoms with Gasteiger partial charge >= 0.3 is 0 Å². The average Bonchev–Trinajstić information content (AvgIpc) is 2.54. The number of carbonyl (C=O) groups excluding carboxylic acids is 1. The fourth-order valence-electron chi connectivity index (χ4n) is 2.92. The van der Waals surface area contributed by atoms with Gasteiger partial charge in [-0.2, -0.15) is 4.72 Å². The summed E-state index contributed by atoms with van der Waals surface area (Å²) in [6.45, 7) is 3.17. The minimum absolute atomic E-state index is 0.253. The zero-order valence-corrected chi connectivity index (χ0v) is 14.7. The van der Waals surface area contributed by atoms with Crippen molar-refractivity contribution in [1.82, 2.24) is 9.62 Å². The van der Waals surface area contributed by atoms with Crippen LogP contribution in [0, 0.1) is 11.7 Å². The van der Waals surface area contributed by atoms with Crippen molar-refractivity contribution in [1.29, 1.82) is 0 Å². The van der Waals surface area contributed by atoms with Crippen LogP contribution in [0.5, 0.6) is 0 Å². The van der Waals surface area contributed by atoms with Gasteiger partial charge in [0.15, 0.2) is 0 Å². The van der Waals surface area contributed by atoms with E-state index in [4.69, 9.17) is 4.74 Å². The van der Waals surface area contributed by atoms with Gasteiger partial charge in [-0.15, -0.1) is 0 Å². The molecule has 0 spiro atoms. The molecule has 1 aliphatic rings. The topological polar surface area (TPSA) is 75.7 Å². The Morgan fingerprint density at radius 2 is 2.17 bits per heavy atom. The third-order valence-corrected chi connectivity index (χ3v) is 5.64. The van der Waals surface area contributed by atoms with Gasteiger partial charge in [-0.05, 0) is 37.8 Å². The van der Waals surface area contributed by atoms with Crippen molar-refractivity contribution in [2.24, 2.45) is 5.92 Å². The summed E-state index contributed by atoms with van der Waals surface area (Å²) in [5.74, 6) is -0.901. The molecule has 8 heteroatoms. The van der Waals surface area contributed by atoms with Crippen molar-refractivity contribution in [2.45, 2.75) is 30.7 Å². The highest BCUT2D eigenvalue weighted by atomic mass is 32.2. The van der Waals surface area contributed by atoms with Gasteiger partial charge in [-0.3, -0.25) is 4.79 Å². The quantitative estimate of drug-likeness (QED) is 0.834. The summed E-state index contributed by atoms with van der Waals surface area (Å²) in [5.41, 5.74) is 0. The first-order valence-electron chi connectivity index (χ1n) is 7.89. The molecule has 2 atom stereocenters. The van der Waals surface area contributed by atoms with E-state index in [1.807, 2.05) is 0 Å². The number of hydrogen-bond donors (Lipinski definition) is 1. The molecule has 1 unspecified atom stereocenters. The van der Waals surface area contributed by atoms with Crippen LogP contribution in [-0.4, -0.2) is 52.1 Å². The average molecular weight is 358 g/mol. The Morgan fingerprint density at radius 3 is 2.83 bits per heavy atom. The first kappa shape index (κ1) is 18.8. The summed E-state index contributed by atoms with van der Waals surface area (Å²) < 4.78 is 45.6. The van der Waals surface area contributed by atoms with Crippen LogP contribution in [0.15, 0.2) is 29.2 Å². The van der Waals surface area contributed by atoms with Crippen molar-refractivity contribution in [3.8, 4) is 0 Å². The van der Waals surface area contributed by atoms with Crippen molar-refractivity contribution in [3.05, 3.63) is 30.1 Å². The third kappa shape index (κ3) is 4.52. The molecule has 1 N–H and O–H groups in total. The van der Waals surface area contributed by atoms with Crippen molar-refractivity contribution in [2.75, 3.05) is 26.8 Å². The maximum absolute atomic E-state index is 13.7. The van der Waals surface area contributed by atoms with E-state index in [1.54, 1.807) is 12.0 Å². The standard InChI is InChI=1S/C16H23FN2O4S/c1-12(16(20)19-9-5-6-13(10-19)11-23-2)18-24(21,22)15-8-4-3-7-14(15)17/h3-4,7-8,12-13,18H,5-6,9-11H2,1-2H3/t12-,13?/m0/s1. The highest BCUT2D eigenvalue weighted by molar-refractivity contribution is 7.89. The number of nitrogens with one attached hydrogen (secondary N) is 1. The molecule has 1 aromatic carbocycles. The molecule has 1 aromatic rings. The molecule has 2 rings (SSSR count). The SMILES string of the molecule is COCC1CCCN(C(=O)[C@H](C)NS(=O)(=O)c2ccccc2F)C1. The second-order valence-corrected chi connectivity index (χ2v) is 7.70. The van der Waals surface area contributed by atoms with E-state index in [1.165, 1.54) is 25.1 Å². The first-order chi connectivity index (χ1) is 11.3. The van der Waals surface area contributed by atoms with E-state index in [2.05, 4.69) is 4.72 Å². The van der Waals surface area contributed by atoms with Gasteiger partial charge in [0.05, 0.1) is 12.6 Å². The van der Waals surface area contributed by atoms with Gasteiger partial charge < -0.3 is 9.64 Å². The summed E-state index contributed by atoms with van der Waals surface area (Å²) in [5, 5.41) is 0. The van der Waals surface area contributed by atoms with E-state index >= 15 is 0 Å². The maximum Gasteiger partial charge on any atom is 0.244 e. The Bertz CT molecular complexity index is 678. The highest BCUT2D eigenvalue weighted by Gasteiger charge is 2.30. The summed E-state index contributed by atoms with van der Waals surface area (Å²) in [6.07, 6.45) is 1.83. The molecule has 1 saturated heterocycles. The number of benzene rings is 1. The molecule has 0 bridgehead atoms. The Morgan fingerprint density at radius 1 is 1.46 bits per heavy atom. The number of amides is 1. The number of piperidine rings is 1. The number of carbonyl (C=O) groups is 1. The van der Waals surface area contributed by atoms with Crippen molar-refractivity contribution >= 4 is 15.9 Å². The number of nitrogens with zero attached hydrogens (tertiary/aromatic N) is 1. The molecule has 1 heterocycles. The van der Waals surface area contributed by atoms with Crippen LogP contribution in [0.4, 0.5) is 4.39 Å². The van der Waals surface area contributed by atoms with E-state index in [0.29, 0.717) is 19.7 Å². The number of methoxy groups -OCH3 is 1. The molecule has 0 radical (unpaired) electrons. The maximum atomic E-state index is 13.7. The molecule has 134 valence electrons. The van der Waals surface area contributed by atoms with Crippen LogP contribution in [0.1, 0.15) is 19.8 Å². The van der Waals surface area contributed by atoms with Gasteiger partial charge in [0.25, 0.3) is 0 Å². The van der Waals surface area contributed by atoms with Crippen molar-refractivity contribution < 1.29 is 22.3 Å². The molecule has 24 heavy (non-hydrogen) atoms. The van der Waals surface area contributed by atoms with Crippen LogP contribution in [0.3, 0.4) is 0 Å². The van der Waals surface area contributed by atoms with Crippen LogP contribution >= 0.6 is 0 Å². The van der Waals surface area contributed by atoms with Gasteiger partial charge in [0.1, 0.15) is 10.7 Å². The zero-order chi connectivity index (χ0) is 17.7. The molecule has 6 nitrogen and oxygen atoms in total. The fraction of sp³-hybridized carbons (Fsp3) is 0.562. The van der Waals surface area contributed by atoms with Gasteiger partial charge in [-0.25, -0.2) is 12.8 Å². The molecular formula is C16H23FN2O4S. The Hall–Kier alpha value is -1.51. The molecule has 1 aliphatic heterocycles. The lowest BCUT2D eigenvalue weighted by molar-refractivity contribution is -0.134. The van der Waals surface area contributed by atoms with Crippen LogP contribution in [0.2, 0.25) is 0 Å².